The van der Waals surface area contributed by atoms with Crippen LogP contribution >= 0.6 is 0 Å². The molecule has 8 aromatic carbocycles. The van der Waals surface area contributed by atoms with Gasteiger partial charge in [0, 0.05) is 49.4 Å². The second-order valence-electron chi connectivity index (χ2n) is 12.5. The summed E-state index contributed by atoms with van der Waals surface area (Å²) in [7, 11) is 0. The maximum Gasteiger partial charge on any atom is 0.143 e. The van der Waals surface area contributed by atoms with Gasteiger partial charge in [-0.05, 0) is 60.0 Å². The Balaban J connectivity index is 1.20. The molecule has 0 unspecified atom stereocenters. The molecule has 0 atom stereocenters. The number of hydrogen-bond donors (Lipinski definition) is 0. The Labute approximate surface area is 283 Å². The van der Waals surface area contributed by atoms with E-state index >= 15 is 0 Å². The van der Waals surface area contributed by atoms with Crippen LogP contribution in [0.3, 0.4) is 0 Å². The average molecular weight is 627 g/mol. The number of nitrogens with zero attached hydrogens (tertiary/aromatic N) is 2. The molecule has 0 N–H and O–H groups in total. The van der Waals surface area contributed by atoms with Gasteiger partial charge in [-0.25, -0.2) is 0 Å². The van der Waals surface area contributed by atoms with Crippen LogP contribution in [0.4, 0.5) is 17.1 Å². The lowest BCUT2D eigenvalue weighted by atomic mass is 9.98. The highest BCUT2D eigenvalue weighted by atomic mass is 16.3. The summed E-state index contributed by atoms with van der Waals surface area (Å²) < 4.78 is 8.93. The van der Waals surface area contributed by atoms with Gasteiger partial charge in [0.2, 0.25) is 0 Å². The molecule has 0 radical (unpaired) electrons. The lowest BCUT2D eigenvalue weighted by Gasteiger charge is -2.29. The Kier molecular flexibility index (Phi) is 6.18. The molecule has 0 bridgehead atoms. The maximum absolute atomic E-state index is 6.56. The Bertz CT molecular complexity index is 2780. The summed E-state index contributed by atoms with van der Waals surface area (Å²) in [5.74, 6) is 0. The van der Waals surface area contributed by atoms with E-state index in [0.717, 1.165) is 55.8 Å². The molecule has 10 aromatic rings. The highest BCUT2D eigenvalue weighted by Crippen LogP contribution is 2.46. The van der Waals surface area contributed by atoms with Gasteiger partial charge in [-0.15, -0.1) is 0 Å². The van der Waals surface area contributed by atoms with Crippen molar-refractivity contribution in [2.75, 3.05) is 4.90 Å². The molecule has 0 saturated carbocycles. The van der Waals surface area contributed by atoms with Gasteiger partial charge >= 0.3 is 0 Å². The van der Waals surface area contributed by atoms with Gasteiger partial charge in [0.15, 0.2) is 0 Å². The van der Waals surface area contributed by atoms with Crippen molar-refractivity contribution in [2.45, 2.75) is 0 Å². The Morgan fingerprint density at radius 3 is 1.73 bits per heavy atom. The third-order valence-electron chi connectivity index (χ3n) is 9.79. The molecule has 0 fully saturated rings. The highest BCUT2D eigenvalue weighted by molar-refractivity contribution is 6.12. The number of anilines is 3. The molecular formula is C46H30N2O. The first-order chi connectivity index (χ1) is 24.3. The number of furan rings is 1. The van der Waals surface area contributed by atoms with Crippen molar-refractivity contribution in [3.8, 4) is 16.8 Å². The summed E-state index contributed by atoms with van der Waals surface area (Å²) in [6, 6.07) is 64.9. The fraction of sp³-hybridized carbons (Fsp3) is 0. The van der Waals surface area contributed by atoms with Crippen LogP contribution in [0.25, 0.3) is 71.3 Å². The van der Waals surface area contributed by atoms with E-state index in [9.17, 15) is 0 Å². The van der Waals surface area contributed by atoms with Crippen LogP contribution in [0, 0.1) is 0 Å². The fourth-order valence-electron chi connectivity index (χ4n) is 7.62. The van der Waals surface area contributed by atoms with Crippen LogP contribution in [0.5, 0.6) is 0 Å². The number of para-hydroxylation sites is 5. The second kappa shape index (κ2) is 11.0. The summed E-state index contributed by atoms with van der Waals surface area (Å²) in [4.78, 5) is 2.40. The zero-order valence-corrected chi connectivity index (χ0v) is 26.6. The van der Waals surface area contributed by atoms with Crippen molar-refractivity contribution in [3.05, 3.63) is 182 Å². The predicted octanol–water partition coefficient (Wildman–Crippen LogP) is 13.0. The van der Waals surface area contributed by atoms with Crippen LogP contribution in [0.15, 0.2) is 186 Å². The zero-order valence-electron chi connectivity index (χ0n) is 26.6. The van der Waals surface area contributed by atoms with Gasteiger partial charge in [-0.1, -0.05) is 127 Å². The average Bonchev–Trinajstić information content (AvgIpc) is 3.72. The van der Waals surface area contributed by atoms with Crippen molar-refractivity contribution in [3.63, 3.8) is 0 Å². The van der Waals surface area contributed by atoms with Gasteiger partial charge < -0.3 is 13.9 Å². The lowest BCUT2D eigenvalue weighted by Crippen LogP contribution is -2.12. The van der Waals surface area contributed by atoms with Crippen molar-refractivity contribution >= 4 is 71.6 Å². The topological polar surface area (TPSA) is 21.3 Å². The lowest BCUT2D eigenvalue weighted by molar-refractivity contribution is 0.670. The second-order valence-corrected chi connectivity index (χ2v) is 12.5. The van der Waals surface area contributed by atoms with Crippen molar-refractivity contribution in [1.29, 1.82) is 0 Å². The molecule has 2 heterocycles. The van der Waals surface area contributed by atoms with E-state index < -0.39 is 0 Å². The smallest absolute Gasteiger partial charge is 0.143 e. The van der Waals surface area contributed by atoms with Gasteiger partial charge in [-0.2, -0.15) is 0 Å². The summed E-state index contributed by atoms with van der Waals surface area (Å²) in [6.45, 7) is 0. The number of benzene rings is 8. The van der Waals surface area contributed by atoms with Crippen molar-refractivity contribution < 1.29 is 4.42 Å². The number of rotatable bonds is 5. The molecule has 0 saturated heterocycles. The molecule has 0 aliphatic rings. The SMILES string of the molecule is c1ccc(N(c2ccc(-n3c4ccccc4c4ccccc43)cc2)c2cccc3ccccc23)c(-c2cccc3c2oc2ccccc23)c1. The molecule has 0 aliphatic carbocycles. The first-order valence-electron chi connectivity index (χ1n) is 16.7. The molecule has 3 nitrogen and oxygen atoms in total. The monoisotopic (exact) mass is 626 g/mol. The van der Waals surface area contributed by atoms with Crippen molar-refractivity contribution in [2.24, 2.45) is 0 Å². The molecule has 2 aromatic heterocycles. The quantitative estimate of drug-likeness (QED) is 0.190. The van der Waals surface area contributed by atoms with E-state index in [0.29, 0.717) is 0 Å². The Morgan fingerprint density at radius 2 is 0.939 bits per heavy atom. The van der Waals surface area contributed by atoms with E-state index in [1.807, 2.05) is 12.1 Å². The van der Waals surface area contributed by atoms with E-state index in [1.54, 1.807) is 0 Å². The van der Waals surface area contributed by atoms with Gasteiger partial charge in [-0.3, -0.25) is 0 Å². The largest absolute Gasteiger partial charge is 0.455 e. The molecule has 0 aliphatic heterocycles. The van der Waals surface area contributed by atoms with Crippen LogP contribution in [-0.4, -0.2) is 4.57 Å². The van der Waals surface area contributed by atoms with E-state index in [2.05, 4.69) is 179 Å². The first kappa shape index (κ1) is 27.5. The van der Waals surface area contributed by atoms with Crippen LogP contribution in [0.1, 0.15) is 0 Å². The molecule has 49 heavy (non-hydrogen) atoms. The first-order valence-corrected chi connectivity index (χ1v) is 16.7. The molecule has 0 amide bonds. The summed E-state index contributed by atoms with van der Waals surface area (Å²) >= 11 is 0. The summed E-state index contributed by atoms with van der Waals surface area (Å²) in [5.41, 5.74) is 10.8. The van der Waals surface area contributed by atoms with Gasteiger partial charge in [0.05, 0.1) is 22.4 Å². The third-order valence-corrected chi connectivity index (χ3v) is 9.79. The fourth-order valence-corrected chi connectivity index (χ4v) is 7.62. The molecule has 0 spiro atoms. The number of fused-ring (bicyclic) bond motifs is 7. The van der Waals surface area contributed by atoms with E-state index in [4.69, 9.17) is 4.42 Å². The van der Waals surface area contributed by atoms with E-state index in [-0.39, 0.29) is 0 Å². The highest BCUT2D eigenvalue weighted by Gasteiger charge is 2.22. The molecular weight excluding hydrogens is 597 g/mol. The number of hydrogen-bond acceptors (Lipinski definition) is 2. The minimum atomic E-state index is 0.897. The Morgan fingerprint density at radius 1 is 0.388 bits per heavy atom. The van der Waals surface area contributed by atoms with Gasteiger partial charge in [0.1, 0.15) is 11.2 Å². The minimum Gasteiger partial charge on any atom is -0.455 e. The maximum atomic E-state index is 6.56. The summed E-state index contributed by atoms with van der Waals surface area (Å²) in [6.07, 6.45) is 0. The number of aromatic nitrogens is 1. The van der Waals surface area contributed by atoms with Crippen molar-refractivity contribution in [1.82, 2.24) is 4.57 Å². The minimum absolute atomic E-state index is 0.897. The standard InChI is InChI=1S/C46H30N2O/c1-2-15-34-31(13-1)14-11-25-41(34)47(32-27-29-33(30-28-32)48-42-22-7-3-16-35(42)36-17-4-8-23-43(36)48)44-24-9-5-18-37(44)39-20-12-21-40-38-19-6-10-26-45(38)49-46(39)40/h1-30H. The third kappa shape index (κ3) is 4.29. The zero-order chi connectivity index (χ0) is 32.3. The van der Waals surface area contributed by atoms with Crippen LogP contribution < -0.4 is 4.90 Å². The Hall–Kier alpha value is -6.58. The van der Waals surface area contributed by atoms with Gasteiger partial charge in [0.25, 0.3) is 0 Å². The predicted molar refractivity (Wildman–Crippen MR) is 206 cm³/mol. The summed E-state index contributed by atoms with van der Waals surface area (Å²) in [5, 5.41) is 7.15. The van der Waals surface area contributed by atoms with Crippen LogP contribution in [0.2, 0.25) is 0 Å². The van der Waals surface area contributed by atoms with E-state index in [1.165, 1.54) is 32.6 Å². The molecule has 230 valence electrons. The molecule has 10 rings (SSSR count). The normalized spacial score (nSPS) is 11.7. The molecule has 3 heteroatoms. The van der Waals surface area contributed by atoms with Crippen LogP contribution in [-0.2, 0) is 0 Å².